The Morgan fingerprint density at radius 3 is 2.26 bits per heavy atom. The van der Waals surface area contributed by atoms with Crippen LogP contribution < -0.4 is 0 Å². The second kappa shape index (κ2) is 8.64. The minimum absolute atomic E-state index is 0.0449. The van der Waals surface area contributed by atoms with Gasteiger partial charge in [-0.3, -0.25) is 0 Å². The Labute approximate surface area is 135 Å². The van der Waals surface area contributed by atoms with Crippen LogP contribution in [-0.2, 0) is 19.2 Å². The van der Waals surface area contributed by atoms with Crippen LogP contribution in [0.25, 0.3) is 0 Å². The number of likely N-dealkylation sites (tertiary alicyclic amines) is 1. The molecule has 0 saturated carbocycles. The van der Waals surface area contributed by atoms with Gasteiger partial charge in [0.2, 0.25) is 0 Å². The van der Waals surface area contributed by atoms with Gasteiger partial charge in [0.05, 0.1) is 17.4 Å². The van der Waals surface area contributed by atoms with Crippen molar-refractivity contribution in [1.82, 2.24) is 4.90 Å². The summed E-state index contributed by atoms with van der Waals surface area (Å²) in [4.78, 5) is 26.3. The molecule has 0 bridgehead atoms. The molecule has 1 spiro atoms. The van der Waals surface area contributed by atoms with Crippen molar-refractivity contribution < 1.29 is 29.4 Å². The molecule has 8 nitrogen and oxygen atoms in total. The van der Waals surface area contributed by atoms with Crippen molar-refractivity contribution >= 4 is 17.7 Å². The third-order valence-electron chi connectivity index (χ3n) is 3.87. The molecule has 2 aliphatic heterocycles. The molecule has 0 aliphatic carbocycles. The van der Waals surface area contributed by atoms with E-state index in [1.807, 2.05) is 0 Å². The molecule has 2 rings (SSSR count). The molecule has 2 heterocycles. The lowest BCUT2D eigenvalue weighted by molar-refractivity contribution is -0.134. The van der Waals surface area contributed by atoms with Gasteiger partial charge in [-0.15, -0.1) is 0 Å². The van der Waals surface area contributed by atoms with Gasteiger partial charge in [-0.1, -0.05) is 5.16 Å². The van der Waals surface area contributed by atoms with E-state index in [4.69, 9.17) is 19.8 Å². The van der Waals surface area contributed by atoms with Gasteiger partial charge < -0.3 is 24.7 Å². The Morgan fingerprint density at radius 2 is 1.83 bits per heavy atom. The number of aliphatic carboxylic acids is 2. The Morgan fingerprint density at radius 1 is 1.30 bits per heavy atom. The number of carbonyl (C=O) groups is 2. The normalized spacial score (nSPS) is 25.3. The Bertz CT molecular complexity index is 464. The second-order valence-electron chi connectivity index (χ2n) is 5.70. The lowest BCUT2D eigenvalue weighted by Gasteiger charge is -2.36. The van der Waals surface area contributed by atoms with Gasteiger partial charge in [-0.2, -0.15) is 0 Å². The van der Waals surface area contributed by atoms with Gasteiger partial charge in [-0.25, -0.2) is 9.59 Å². The lowest BCUT2D eigenvalue weighted by Crippen LogP contribution is -2.42. The van der Waals surface area contributed by atoms with Gasteiger partial charge >= 0.3 is 11.9 Å². The first kappa shape index (κ1) is 19.1. The van der Waals surface area contributed by atoms with Crippen molar-refractivity contribution in [3.63, 3.8) is 0 Å². The predicted octanol–water partition coefficient (Wildman–Crippen LogP) is 0.974. The average Bonchev–Trinajstić information content (AvgIpc) is 2.78. The third kappa shape index (κ3) is 6.37. The molecule has 0 amide bonds. The molecule has 2 saturated heterocycles. The second-order valence-corrected chi connectivity index (χ2v) is 5.70. The summed E-state index contributed by atoms with van der Waals surface area (Å²) in [5, 5.41) is 19.7. The zero-order chi connectivity index (χ0) is 17.5. The first-order valence-corrected chi connectivity index (χ1v) is 7.38. The van der Waals surface area contributed by atoms with Crippen LogP contribution in [0.1, 0.15) is 26.2 Å². The van der Waals surface area contributed by atoms with E-state index in [0.717, 1.165) is 38.1 Å². The number of rotatable bonds is 3. The molecule has 23 heavy (non-hydrogen) atoms. The number of hydrogen-bond donors (Lipinski definition) is 2. The Kier molecular flexibility index (Phi) is 7.18. The summed E-state index contributed by atoms with van der Waals surface area (Å²) in [6.45, 7) is 4.30. The van der Waals surface area contributed by atoms with Crippen molar-refractivity contribution in [3.05, 3.63) is 12.2 Å². The van der Waals surface area contributed by atoms with Crippen LogP contribution in [-0.4, -0.2) is 71.7 Å². The molecule has 2 aliphatic rings. The monoisotopic (exact) mass is 328 g/mol. The number of nitrogens with zero attached hydrogens (tertiary/aromatic N) is 2. The molecule has 0 radical (unpaired) electrons. The quantitative estimate of drug-likeness (QED) is 0.587. The minimum Gasteiger partial charge on any atom is -0.478 e. The minimum atomic E-state index is -1.26. The van der Waals surface area contributed by atoms with E-state index >= 15 is 0 Å². The van der Waals surface area contributed by atoms with Gasteiger partial charge in [0.1, 0.15) is 7.11 Å². The van der Waals surface area contributed by atoms with E-state index in [1.54, 1.807) is 7.11 Å². The standard InChI is InChI=1S/C11H20N2O2.C4H4O4/c1-9-10(12-14-3)8-11(15-9)4-6-13(2)7-5-11;5-3(6)1-2-4(7)8/h9H,4-8H2,1-3H3;1-2H,(H,5,6)(H,7,8)/b12-10-;2-1-. The highest BCUT2D eigenvalue weighted by molar-refractivity contribution is 5.90. The summed E-state index contributed by atoms with van der Waals surface area (Å²) in [6, 6.07) is 0. The van der Waals surface area contributed by atoms with E-state index in [2.05, 4.69) is 24.0 Å². The molecule has 0 aromatic heterocycles. The molecule has 2 fully saturated rings. The van der Waals surface area contributed by atoms with E-state index < -0.39 is 11.9 Å². The predicted molar refractivity (Wildman–Crippen MR) is 83.5 cm³/mol. The number of hydrogen-bond acceptors (Lipinski definition) is 6. The number of carboxylic acids is 2. The SMILES string of the molecule is CO/N=C1/CC2(CCN(C)CC2)OC1C.O=C(O)/C=C\C(=O)O. The molecule has 130 valence electrons. The largest absolute Gasteiger partial charge is 0.478 e. The summed E-state index contributed by atoms with van der Waals surface area (Å²) in [7, 11) is 3.76. The molecule has 0 aromatic carbocycles. The van der Waals surface area contributed by atoms with Crippen LogP contribution in [0, 0.1) is 0 Å². The number of carboxylic acid groups (broad SMARTS) is 2. The third-order valence-corrected chi connectivity index (χ3v) is 3.87. The first-order valence-electron chi connectivity index (χ1n) is 7.38. The first-order chi connectivity index (χ1) is 10.8. The van der Waals surface area contributed by atoms with Crippen molar-refractivity contribution in [3.8, 4) is 0 Å². The van der Waals surface area contributed by atoms with Gasteiger partial charge in [0.25, 0.3) is 0 Å². The molecule has 0 aromatic rings. The van der Waals surface area contributed by atoms with Gasteiger partial charge in [0, 0.05) is 31.7 Å². The van der Waals surface area contributed by atoms with Crippen LogP contribution >= 0.6 is 0 Å². The molecule has 1 atom stereocenters. The van der Waals surface area contributed by atoms with E-state index in [1.165, 1.54) is 0 Å². The molecular weight excluding hydrogens is 304 g/mol. The fourth-order valence-corrected chi connectivity index (χ4v) is 2.65. The molecule has 2 N–H and O–H groups in total. The average molecular weight is 328 g/mol. The fourth-order valence-electron chi connectivity index (χ4n) is 2.65. The van der Waals surface area contributed by atoms with Gasteiger partial charge in [0.15, 0.2) is 0 Å². The van der Waals surface area contributed by atoms with E-state index in [0.29, 0.717) is 12.2 Å². The Hall–Kier alpha value is -1.93. The van der Waals surface area contributed by atoms with E-state index in [9.17, 15) is 9.59 Å². The molecule has 1 unspecified atom stereocenters. The smallest absolute Gasteiger partial charge is 0.328 e. The van der Waals surface area contributed by atoms with Crippen LogP contribution in [0.3, 0.4) is 0 Å². The highest BCUT2D eigenvalue weighted by Gasteiger charge is 2.44. The highest BCUT2D eigenvalue weighted by Crippen LogP contribution is 2.37. The van der Waals surface area contributed by atoms with Crippen LogP contribution in [0.15, 0.2) is 17.3 Å². The topological polar surface area (TPSA) is 109 Å². The van der Waals surface area contributed by atoms with Crippen molar-refractivity contribution in [2.24, 2.45) is 5.16 Å². The van der Waals surface area contributed by atoms with Crippen LogP contribution in [0.5, 0.6) is 0 Å². The number of ether oxygens (including phenoxy) is 1. The maximum Gasteiger partial charge on any atom is 0.328 e. The van der Waals surface area contributed by atoms with Crippen LogP contribution in [0.2, 0.25) is 0 Å². The Balaban J connectivity index is 0.000000284. The fraction of sp³-hybridized carbons (Fsp3) is 0.667. The summed E-state index contributed by atoms with van der Waals surface area (Å²) < 4.78 is 6.07. The van der Waals surface area contributed by atoms with Crippen molar-refractivity contribution in [2.75, 3.05) is 27.2 Å². The van der Waals surface area contributed by atoms with Crippen molar-refractivity contribution in [1.29, 1.82) is 0 Å². The van der Waals surface area contributed by atoms with E-state index in [-0.39, 0.29) is 11.7 Å². The zero-order valence-electron chi connectivity index (χ0n) is 13.7. The lowest BCUT2D eigenvalue weighted by atomic mass is 9.88. The van der Waals surface area contributed by atoms with Crippen molar-refractivity contribution in [2.45, 2.75) is 37.9 Å². The molecular formula is C15H24N2O6. The summed E-state index contributed by atoms with van der Waals surface area (Å²) in [5.74, 6) is -2.51. The molecule has 8 heteroatoms. The van der Waals surface area contributed by atoms with Gasteiger partial charge in [-0.05, 0) is 26.8 Å². The number of piperidine rings is 1. The highest BCUT2D eigenvalue weighted by atomic mass is 16.6. The summed E-state index contributed by atoms with van der Waals surface area (Å²) >= 11 is 0. The summed E-state index contributed by atoms with van der Waals surface area (Å²) in [5.41, 5.74) is 1.10. The number of oxime groups is 1. The summed E-state index contributed by atoms with van der Waals surface area (Å²) in [6.07, 6.45) is 4.39. The van der Waals surface area contributed by atoms with Crippen LogP contribution in [0.4, 0.5) is 0 Å². The maximum atomic E-state index is 9.55. The zero-order valence-corrected chi connectivity index (χ0v) is 13.7. The maximum absolute atomic E-state index is 9.55.